The Morgan fingerprint density at radius 1 is 1.35 bits per heavy atom. The van der Waals surface area contributed by atoms with Crippen molar-refractivity contribution < 1.29 is 5.21 Å². The SMILES string of the molecule is CCCc1cc(N2CCCCC2)nc(=N)n1O. The summed E-state index contributed by atoms with van der Waals surface area (Å²) in [6.45, 7) is 4.07. The van der Waals surface area contributed by atoms with E-state index in [-0.39, 0.29) is 5.62 Å². The number of rotatable bonds is 3. The van der Waals surface area contributed by atoms with E-state index in [1.54, 1.807) is 0 Å². The molecule has 5 nitrogen and oxygen atoms in total. The highest BCUT2D eigenvalue weighted by Gasteiger charge is 2.14. The maximum Gasteiger partial charge on any atom is 0.257 e. The van der Waals surface area contributed by atoms with E-state index >= 15 is 0 Å². The molecule has 0 radical (unpaired) electrons. The molecule has 0 amide bonds. The van der Waals surface area contributed by atoms with Gasteiger partial charge in [-0.2, -0.15) is 9.71 Å². The van der Waals surface area contributed by atoms with Crippen molar-refractivity contribution in [3.05, 3.63) is 17.4 Å². The lowest BCUT2D eigenvalue weighted by Crippen LogP contribution is -2.34. The van der Waals surface area contributed by atoms with Crippen LogP contribution in [0.3, 0.4) is 0 Å². The number of piperidine rings is 1. The van der Waals surface area contributed by atoms with E-state index < -0.39 is 0 Å². The number of hydrogen-bond acceptors (Lipinski definition) is 4. The fourth-order valence-corrected chi connectivity index (χ4v) is 2.25. The summed E-state index contributed by atoms with van der Waals surface area (Å²) in [5, 5.41) is 17.4. The van der Waals surface area contributed by atoms with Gasteiger partial charge in [0.05, 0.1) is 5.69 Å². The van der Waals surface area contributed by atoms with Crippen molar-refractivity contribution in [2.45, 2.75) is 39.0 Å². The molecule has 17 heavy (non-hydrogen) atoms. The first-order valence-electron chi connectivity index (χ1n) is 6.34. The van der Waals surface area contributed by atoms with Crippen LogP contribution >= 0.6 is 0 Å². The molecule has 1 aliphatic rings. The molecule has 1 saturated heterocycles. The van der Waals surface area contributed by atoms with E-state index in [0.29, 0.717) is 0 Å². The summed E-state index contributed by atoms with van der Waals surface area (Å²) in [5.41, 5.74) is 0.699. The van der Waals surface area contributed by atoms with Crippen LogP contribution in [0.15, 0.2) is 6.07 Å². The van der Waals surface area contributed by atoms with Gasteiger partial charge in [-0.15, -0.1) is 0 Å². The predicted octanol–water partition coefficient (Wildman–Crippen LogP) is 1.54. The van der Waals surface area contributed by atoms with E-state index in [0.717, 1.165) is 42.2 Å². The van der Waals surface area contributed by atoms with Crippen molar-refractivity contribution in [1.82, 2.24) is 9.71 Å². The molecule has 1 aliphatic heterocycles. The molecule has 94 valence electrons. The summed E-state index contributed by atoms with van der Waals surface area (Å²) in [6, 6.07) is 1.91. The van der Waals surface area contributed by atoms with Crippen LogP contribution in [-0.2, 0) is 6.42 Å². The van der Waals surface area contributed by atoms with Gasteiger partial charge in [0.1, 0.15) is 5.82 Å². The van der Waals surface area contributed by atoms with Crippen LogP contribution in [0.25, 0.3) is 0 Å². The molecule has 1 fully saturated rings. The van der Waals surface area contributed by atoms with Crippen molar-refractivity contribution in [3.63, 3.8) is 0 Å². The van der Waals surface area contributed by atoms with Crippen molar-refractivity contribution in [1.29, 1.82) is 5.41 Å². The lowest BCUT2D eigenvalue weighted by atomic mass is 10.1. The zero-order valence-electron chi connectivity index (χ0n) is 10.3. The highest BCUT2D eigenvalue weighted by molar-refractivity contribution is 5.39. The van der Waals surface area contributed by atoms with Crippen molar-refractivity contribution in [2.24, 2.45) is 0 Å². The molecule has 0 aromatic carbocycles. The van der Waals surface area contributed by atoms with Crippen LogP contribution < -0.4 is 10.5 Å². The quantitative estimate of drug-likeness (QED) is 0.782. The third-order valence-electron chi connectivity index (χ3n) is 3.18. The number of nitrogens with one attached hydrogen (secondary N) is 1. The molecule has 1 aromatic rings. The van der Waals surface area contributed by atoms with Crippen LogP contribution in [0.2, 0.25) is 0 Å². The monoisotopic (exact) mass is 236 g/mol. The Morgan fingerprint density at radius 3 is 2.71 bits per heavy atom. The molecule has 0 spiro atoms. The Balaban J connectivity index is 2.30. The van der Waals surface area contributed by atoms with Gasteiger partial charge in [-0.3, -0.25) is 5.41 Å². The third-order valence-corrected chi connectivity index (χ3v) is 3.18. The molecule has 0 aliphatic carbocycles. The van der Waals surface area contributed by atoms with Gasteiger partial charge in [-0.1, -0.05) is 13.3 Å². The highest BCUT2D eigenvalue weighted by atomic mass is 16.5. The van der Waals surface area contributed by atoms with Crippen molar-refractivity contribution in [3.8, 4) is 0 Å². The molecule has 5 heteroatoms. The number of nitrogens with zero attached hydrogens (tertiary/aromatic N) is 3. The van der Waals surface area contributed by atoms with Gasteiger partial charge >= 0.3 is 0 Å². The molecular weight excluding hydrogens is 216 g/mol. The highest BCUT2D eigenvalue weighted by Crippen LogP contribution is 2.17. The lowest BCUT2D eigenvalue weighted by molar-refractivity contribution is 0.155. The van der Waals surface area contributed by atoms with Crippen LogP contribution in [0, 0.1) is 5.41 Å². The average molecular weight is 236 g/mol. The standard InChI is InChI=1S/C12H20N4O/c1-2-6-10-9-11(14-12(13)16(10)17)15-7-4-3-5-8-15/h9,13,17H,2-8H2,1H3. The smallest absolute Gasteiger partial charge is 0.257 e. The molecule has 2 rings (SSSR count). The first kappa shape index (κ1) is 12.0. The fourth-order valence-electron chi connectivity index (χ4n) is 2.25. The zero-order valence-corrected chi connectivity index (χ0v) is 10.3. The Morgan fingerprint density at radius 2 is 2.06 bits per heavy atom. The Bertz CT molecular complexity index is 435. The maximum atomic E-state index is 9.70. The van der Waals surface area contributed by atoms with Crippen LogP contribution in [-0.4, -0.2) is 28.0 Å². The first-order chi connectivity index (χ1) is 8.22. The molecule has 1 aromatic heterocycles. The van der Waals surface area contributed by atoms with Crippen molar-refractivity contribution >= 4 is 5.82 Å². The van der Waals surface area contributed by atoms with Gasteiger partial charge in [0.15, 0.2) is 0 Å². The molecule has 2 heterocycles. The van der Waals surface area contributed by atoms with E-state index in [1.807, 2.05) is 6.07 Å². The topological polar surface area (TPSA) is 65.1 Å². The number of hydrogen-bond donors (Lipinski definition) is 2. The summed E-state index contributed by atoms with van der Waals surface area (Å²) in [5.74, 6) is 0.837. The number of aryl methyl sites for hydroxylation is 1. The summed E-state index contributed by atoms with van der Waals surface area (Å²) in [4.78, 5) is 6.35. The first-order valence-corrected chi connectivity index (χ1v) is 6.34. The fraction of sp³-hybridized carbons (Fsp3) is 0.667. The molecule has 0 atom stereocenters. The van der Waals surface area contributed by atoms with Crippen LogP contribution in [0.5, 0.6) is 0 Å². The normalized spacial score (nSPS) is 16.2. The summed E-state index contributed by atoms with van der Waals surface area (Å²) in [7, 11) is 0. The van der Waals surface area contributed by atoms with E-state index in [1.165, 1.54) is 19.3 Å². The Labute approximate surface area is 101 Å². The Kier molecular flexibility index (Phi) is 3.66. The number of anilines is 1. The molecule has 0 unspecified atom stereocenters. The summed E-state index contributed by atoms with van der Waals surface area (Å²) >= 11 is 0. The average Bonchev–Trinajstić information content (AvgIpc) is 2.36. The molecular formula is C12H20N4O. The molecule has 0 bridgehead atoms. The number of aromatic nitrogens is 2. The second-order valence-electron chi connectivity index (χ2n) is 4.54. The van der Waals surface area contributed by atoms with Gasteiger partial charge in [-0.05, 0) is 25.7 Å². The van der Waals surface area contributed by atoms with E-state index in [2.05, 4.69) is 16.8 Å². The zero-order chi connectivity index (χ0) is 12.3. The third kappa shape index (κ3) is 2.60. The van der Waals surface area contributed by atoms with Gasteiger partial charge in [0.2, 0.25) is 0 Å². The van der Waals surface area contributed by atoms with Gasteiger partial charge in [-0.25, -0.2) is 0 Å². The molecule has 0 saturated carbocycles. The second kappa shape index (κ2) is 5.21. The van der Waals surface area contributed by atoms with Gasteiger partial charge in [0.25, 0.3) is 5.62 Å². The summed E-state index contributed by atoms with van der Waals surface area (Å²) in [6.07, 6.45) is 5.37. The minimum Gasteiger partial charge on any atom is -0.425 e. The minimum absolute atomic E-state index is 0.0727. The second-order valence-corrected chi connectivity index (χ2v) is 4.54. The van der Waals surface area contributed by atoms with Gasteiger partial charge < -0.3 is 10.1 Å². The molecule has 2 N–H and O–H groups in total. The van der Waals surface area contributed by atoms with Crippen molar-refractivity contribution in [2.75, 3.05) is 18.0 Å². The lowest BCUT2D eigenvalue weighted by Gasteiger charge is -2.28. The Hall–Kier alpha value is -1.52. The maximum absolute atomic E-state index is 9.70. The van der Waals surface area contributed by atoms with Crippen LogP contribution in [0.4, 0.5) is 5.82 Å². The van der Waals surface area contributed by atoms with Gasteiger partial charge in [0, 0.05) is 19.2 Å². The summed E-state index contributed by atoms with van der Waals surface area (Å²) < 4.78 is 0.886. The van der Waals surface area contributed by atoms with Crippen LogP contribution in [0.1, 0.15) is 38.3 Å². The minimum atomic E-state index is -0.0727. The largest absolute Gasteiger partial charge is 0.425 e. The van der Waals surface area contributed by atoms with E-state index in [4.69, 9.17) is 5.41 Å². The predicted molar refractivity (Wildman–Crippen MR) is 65.3 cm³/mol. The van der Waals surface area contributed by atoms with E-state index in [9.17, 15) is 5.21 Å².